The summed E-state index contributed by atoms with van der Waals surface area (Å²) in [4.78, 5) is -0.157. The fourth-order valence-electron chi connectivity index (χ4n) is 1.81. The molecule has 0 aliphatic carbocycles. The highest BCUT2D eigenvalue weighted by Crippen LogP contribution is 2.22. The van der Waals surface area contributed by atoms with Crippen LogP contribution in [0.3, 0.4) is 0 Å². The summed E-state index contributed by atoms with van der Waals surface area (Å²) < 4.78 is 40.5. The largest absolute Gasteiger partial charge is 0.508 e. The first-order valence-electron chi connectivity index (χ1n) is 6.06. The third kappa shape index (κ3) is 3.81. The third-order valence-electron chi connectivity index (χ3n) is 2.90. The van der Waals surface area contributed by atoms with Gasteiger partial charge in [-0.05, 0) is 58.7 Å². The molecule has 0 radical (unpaired) electrons. The van der Waals surface area contributed by atoms with Crippen molar-refractivity contribution in [2.24, 2.45) is 0 Å². The zero-order chi connectivity index (χ0) is 15.6. The summed E-state index contributed by atoms with van der Waals surface area (Å²) in [6, 6.07) is 9.30. The molecule has 0 amide bonds. The Morgan fingerprint density at radius 2 is 1.95 bits per heavy atom. The van der Waals surface area contributed by atoms with Crippen LogP contribution in [0, 0.1) is 5.82 Å². The van der Waals surface area contributed by atoms with Gasteiger partial charge in [0, 0.05) is 6.04 Å². The minimum atomic E-state index is -3.85. The number of hydrogen-bond acceptors (Lipinski definition) is 3. The molecule has 21 heavy (non-hydrogen) atoms. The Bertz CT molecular complexity index is 765. The van der Waals surface area contributed by atoms with Crippen LogP contribution >= 0.6 is 15.9 Å². The number of sulfonamides is 1. The predicted molar refractivity (Wildman–Crippen MR) is 80.9 cm³/mol. The van der Waals surface area contributed by atoms with Gasteiger partial charge < -0.3 is 5.11 Å². The van der Waals surface area contributed by atoms with E-state index in [1.807, 2.05) is 0 Å². The van der Waals surface area contributed by atoms with E-state index in [0.717, 1.165) is 6.07 Å². The molecular formula is C14H13BrFNO3S. The van der Waals surface area contributed by atoms with E-state index >= 15 is 0 Å². The molecule has 0 aliphatic rings. The first kappa shape index (κ1) is 15.9. The quantitative estimate of drug-likeness (QED) is 0.863. The lowest BCUT2D eigenvalue weighted by Gasteiger charge is -2.15. The highest BCUT2D eigenvalue weighted by molar-refractivity contribution is 9.10. The van der Waals surface area contributed by atoms with Crippen molar-refractivity contribution in [2.45, 2.75) is 17.9 Å². The Kier molecular flexibility index (Phi) is 4.65. The van der Waals surface area contributed by atoms with Crippen LogP contribution in [0.15, 0.2) is 51.8 Å². The van der Waals surface area contributed by atoms with Gasteiger partial charge in [-0.25, -0.2) is 17.5 Å². The van der Waals surface area contributed by atoms with Crippen LogP contribution in [0.5, 0.6) is 5.75 Å². The summed E-state index contributed by atoms with van der Waals surface area (Å²) >= 11 is 2.97. The number of aromatic hydroxyl groups is 1. The minimum Gasteiger partial charge on any atom is -0.508 e. The van der Waals surface area contributed by atoms with Crippen molar-refractivity contribution in [3.05, 3.63) is 58.3 Å². The molecule has 0 fully saturated rings. The number of hydrogen-bond donors (Lipinski definition) is 2. The number of nitrogens with one attached hydrogen (secondary N) is 1. The molecule has 0 saturated carbocycles. The van der Waals surface area contributed by atoms with E-state index in [1.165, 1.54) is 24.3 Å². The first-order chi connectivity index (χ1) is 9.79. The molecule has 7 heteroatoms. The zero-order valence-electron chi connectivity index (χ0n) is 11.0. The van der Waals surface area contributed by atoms with Gasteiger partial charge in [0.05, 0.1) is 9.37 Å². The molecule has 2 rings (SSSR count). The molecule has 2 aromatic carbocycles. The average Bonchev–Trinajstić information content (AvgIpc) is 2.41. The van der Waals surface area contributed by atoms with Crippen molar-refractivity contribution < 1.29 is 17.9 Å². The molecule has 2 aromatic rings. The fourth-order valence-corrected chi connectivity index (χ4v) is 3.30. The van der Waals surface area contributed by atoms with Crippen molar-refractivity contribution in [3.63, 3.8) is 0 Å². The van der Waals surface area contributed by atoms with Gasteiger partial charge in [0.15, 0.2) is 0 Å². The van der Waals surface area contributed by atoms with Gasteiger partial charge in [0.1, 0.15) is 11.6 Å². The average molecular weight is 374 g/mol. The number of halogens is 2. The van der Waals surface area contributed by atoms with Gasteiger partial charge in [-0.2, -0.15) is 0 Å². The van der Waals surface area contributed by atoms with Crippen molar-refractivity contribution >= 4 is 26.0 Å². The smallest absolute Gasteiger partial charge is 0.241 e. The van der Waals surface area contributed by atoms with Crippen LogP contribution in [0.1, 0.15) is 18.5 Å². The molecule has 1 atom stereocenters. The van der Waals surface area contributed by atoms with Crippen LogP contribution in [0.25, 0.3) is 0 Å². The monoisotopic (exact) mass is 373 g/mol. The summed E-state index contributed by atoms with van der Waals surface area (Å²) in [7, 11) is -3.85. The maximum Gasteiger partial charge on any atom is 0.241 e. The molecule has 0 heterocycles. The van der Waals surface area contributed by atoms with Crippen molar-refractivity contribution in [1.82, 2.24) is 4.72 Å². The van der Waals surface area contributed by atoms with Gasteiger partial charge in [-0.3, -0.25) is 0 Å². The molecule has 1 unspecified atom stereocenters. The molecule has 0 aromatic heterocycles. The minimum absolute atomic E-state index is 0.0493. The zero-order valence-corrected chi connectivity index (χ0v) is 13.4. The first-order valence-corrected chi connectivity index (χ1v) is 8.33. The Hall–Kier alpha value is -1.44. The molecule has 0 spiro atoms. The normalized spacial score (nSPS) is 13.1. The van der Waals surface area contributed by atoms with E-state index in [0.29, 0.717) is 5.56 Å². The molecule has 0 saturated heterocycles. The van der Waals surface area contributed by atoms with Crippen molar-refractivity contribution in [3.8, 4) is 5.75 Å². The van der Waals surface area contributed by atoms with E-state index in [4.69, 9.17) is 0 Å². The lowest BCUT2D eigenvalue weighted by molar-refractivity contribution is 0.473. The van der Waals surface area contributed by atoms with Gasteiger partial charge in [0.2, 0.25) is 10.0 Å². The van der Waals surface area contributed by atoms with Crippen LogP contribution in [-0.2, 0) is 10.0 Å². The van der Waals surface area contributed by atoms with Crippen LogP contribution < -0.4 is 4.72 Å². The summed E-state index contributed by atoms with van der Waals surface area (Å²) in [6.07, 6.45) is 0. The van der Waals surface area contributed by atoms with Gasteiger partial charge in [0.25, 0.3) is 0 Å². The summed E-state index contributed by atoms with van der Waals surface area (Å²) in [5, 5.41) is 9.41. The number of benzene rings is 2. The Morgan fingerprint density at radius 3 is 2.57 bits per heavy atom. The molecular weight excluding hydrogens is 361 g/mol. The highest BCUT2D eigenvalue weighted by atomic mass is 79.9. The van der Waals surface area contributed by atoms with Crippen molar-refractivity contribution in [2.75, 3.05) is 0 Å². The lowest BCUT2D eigenvalue weighted by atomic mass is 10.1. The fraction of sp³-hybridized carbons (Fsp3) is 0.143. The highest BCUT2D eigenvalue weighted by Gasteiger charge is 2.19. The number of rotatable bonds is 4. The molecule has 4 nitrogen and oxygen atoms in total. The maximum absolute atomic E-state index is 13.5. The molecule has 112 valence electrons. The van der Waals surface area contributed by atoms with Crippen molar-refractivity contribution in [1.29, 1.82) is 0 Å². The SMILES string of the molecule is CC(NS(=O)(=O)c1ccc(Br)c(F)c1)c1cccc(O)c1. The summed E-state index contributed by atoms with van der Waals surface area (Å²) in [5.41, 5.74) is 0.608. The summed E-state index contributed by atoms with van der Waals surface area (Å²) in [5.74, 6) is -0.601. The van der Waals surface area contributed by atoms with E-state index in [2.05, 4.69) is 20.7 Å². The molecule has 2 N–H and O–H groups in total. The number of phenols is 1. The van der Waals surface area contributed by atoms with Gasteiger partial charge in [-0.15, -0.1) is 0 Å². The molecule has 0 aliphatic heterocycles. The Labute approximate surface area is 130 Å². The second kappa shape index (κ2) is 6.13. The topological polar surface area (TPSA) is 66.4 Å². The standard InChI is InChI=1S/C14H13BrFNO3S/c1-9(10-3-2-4-11(18)7-10)17-21(19,20)12-5-6-13(15)14(16)8-12/h2-9,17-18H,1H3. The van der Waals surface area contributed by atoms with Gasteiger partial charge >= 0.3 is 0 Å². The van der Waals surface area contributed by atoms with E-state index in [9.17, 15) is 17.9 Å². The third-order valence-corrected chi connectivity index (χ3v) is 5.09. The van der Waals surface area contributed by atoms with E-state index in [1.54, 1.807) is 19.1 Å². The summed E-state index contributed by atoms with van der Waals surface area (Å²) in [6.45, 7) is 1.64. The lowest BCUT2D eigenvalue weighted by Crippen LogP contribution is -2.27. The van der Waals surface area contributed by atoms with Crippen LogP contribution in [-0.4, -0.2) is 13.5 Å². The molecule has 0 bridgehead atoms. The maximum atomic E-state index is 13.5. The van der Waals surface area contributed by atoms with Gasteiger partial charge in [-0.1, -0.05) is 12.1 Å². The predicted octanol–water partition coefficient (Wildman–Crippen LogP) is 3.33. The van der Waals surface area contributed by atoms with E-state index < -0.39 is 21.9 Å². The second-order valence-corrected chi connectivity index (χ2v) is 7.08. The second-order valence-electron chi connectivity index (χ2n) is 4.51. The van der Waals surface area contributed by atoms with Crippen LogP contribution in [0.4, 0.5) is 4.39 Å². The Morgan fingerprint density at radius 1 is 1.24 bits per heavy atom. The number of phenolic OH excluding ortho intramolecular Hbond substituents is 1. The van der Waals surface area contributed by atoms with E-state index in [-0.39, 0.29) is 15.1 Å². The Balaban J connectivity index is 2.26. The van der Waals surface area contributed by atoms with Crippen LogP contribution in [0.2, 0.25) is 0 Å².